The SMILES string of the molecule is C.C=C(CC(CCCC)C(=C)c1ccc(-c2ccccc2C#N)cc1CCCc1cccc(F)c1)C(N)CN. The second-order valence-electron chi connectivity index (χ2n) is 10.1. The van der Waals surface area contributed by atoms with Gasteiger partial charge < -0.3 is 11.5 Å². The van der Waals surface area contributed by atoms with Crippen molar-refractivity contribution >= 4 is 5.57 Å². The van der Waals surface area contributed by atoms with Crippen LogP contribution >= 0.6 is 0 Å². The highest BCUT2D eigenvalue weighted by Crippen LogP contribution is 2.36. The maximum atomic E-state index is 13.7. The van der Waals surface area contributed by atoms with Gasteiger partial charge in [-0.25, -0.2) is 4.39 Å². The van der Waals surface area contributed by atoms with E-state index in [1.807, 2.05) is 30.3 Å². The van der Waals surface area contributed by atoms with E-state index in [0.717, 1.165) is 78.3 Å². The number of nitrogens with zero attached hydrogens (tertiary/aromatic N) is 1. The number of rotatable bonds is 14. The molecule has 206 valence electrons. The van der Waals surface area contributed by atoms with E-state index in [0.29, 0.717) is 12.1 Å². The van der Waals surface area contributed by atoms with Crippen molar-refractivity contribution in [2.45, 2.75) is 65.3 Å². The zero-order valence-electron chi connectivity index (χ0n) is 22.6. The summed E-state index contributed by atoms with van der Waals surface area (Å²) in [6.45, 7) is 11.4. The van der Waals surface area contributed by atoms with Gasteiger partial charge in [0, 0.05) is 12.6 Å². The molecule has 4 N–H and O–H groups in total. The van der Waals surface area contributed by atoms with Crippen LogP contribution in [0.2, 0.25) is 0 Å². The number of hydrogen-bond acceptors (Lipinski definition) is 3. The van der Waals surface area contributed by atoms with Crippen LogP contribution in [0.15, 0.2) is 85.5 Å². The minimum absolute atomic E-state index is 0. The average molecular weight is 526 g/mol. The van der Waals surface area contributed by atoms with E-state index < -0.39 is 0 Å². The molecule has 0 radical (unpaired) electrons. The number of nitriles is 1. The standard InChI is InChI=1S/C34H40FN3.CH4/c1-4-5-12-27(19-24(2)34(38)23-37)25(3)32-18-17-29(33-16-7-6-13-30(33)22-36)21-28(32)14-8-10-26-11-9-15-31(35)20-26;/h6-7,9,11,13,15-18,20-21,27,34H,2-5,8,10,12,14,19,23,37-38H2,1H3;1H4. The molecule has 0 amide bonds. The Kier molecular flexibility index (Phi) is 12.8. The van der Waals surface area contributed by atoms with Crippen molar-refractivity contribution in [1.82, 2.24) is 0 Å². The van der Waals surface area contributed by atoms with Gasteiger partial charge in [0.25, 0.3) is 0 Å². The lowest BCUT2D eigenvalue weighted by Gasteiger charge is -2.25. The minimum Gasteiger partial charge on any atom is -0.329 e. The largest absolute Gasteiger partial charge is 0.329 e. The highest BCUT2D eigenvalue weighted by atomic mass is 19.1. The summed E-state index contributed by atoms with van der Waals surface area (Å²) in [5.74, 6) is 0.0145. The fourth-order valence-corrected chi connectivity index (χ4v) is 4.99. The first kappa shape index (κ1) is 31.7. The van der Waals surface area contributed by atoms with E-state index in [2.05, 4.69) is 44.3 Å². The molecule has 3 aromatic carbocycles. The Bertz CT molecular complexity index is 1290. The van der Waals surface area contributed by atoms with Crippen molar-refractivity contribution in [2.24, 2.45) is 17.4 Å². The van der Waals surface area contributed by atoms with Crippen molar-refractivity contribution in [3.63, 3.8) is 0 Å². The molecule has 2 unspecified atom stereocenters. The Morgan fingerprint density at radius 2 is 1.77 bits per heavy atom. The second-order valence-corrected chi connectivity index (χ2v) is 10.1. The highest BCUT2D eigenvalue weighted by molar-refractivity contribution is 5.76. The fourth-order valence-electron chi connectivity index (χ4n) is 4.99. The van der Waals surface area contributed by atoms with Gasteiger partial charge in [-0.05, 0) is 89.6 Å². The zero-order valence-corrected chi connectivity index (χ0v) is 22.6. The van der Waals surface area contributed by atoms with Gasteiger partial charge in [0.05, 0.1) is 11.6 Å². The van der Waals surface area contributed by atoms with E-state index in [9.17, 15) is 9.65 Å². The molecule has 0 saturated heterocycles. The van der Waals surface area contributed by atoms with Crippen LogP contribution in [-0.2, 0) is 12.8 Å². The van der Waals surface area contributed by atoms with Crippen LogP contribution in [0.25, 0.3) is 16.7 Å². The van der Waals surface area contributed by atoms with Crippen LogP contribution in [0, 0.1) is 23.1 Å². The molecule has 0 aliphatic carbocycles. The number of aryl methyl sites for hydroxylation is 2. The second kappa shape index (κ2) is 15.8. The number of benzene rings is 3. The van der Waals surface area contributed by atoms with Crippen molar-refractivity contribution < 1.29 is 4.39 Å². The van der Waals surface area contributed by atoms with E-state index in [1.54, 1.807) is 12.1 Å². The smallest absolute Gasteiger partial charge is 0.123 e. The van der Waals surface area contributed by atoms with E-state index in [1.165, 1.54) is 11.6 Å². The lowest BCUT2D eigenvalue weighted by atomic mass is 9.81. The Hall–Kier alpha value is -3.52. The normalized spacial score (nSPS) is 12.2. The number of unbranched alkanes of at least 4 members (excludes halogenated alkanes) is 1. The molecule has 0 spiro atoms. The fraction of sp³-hybridized carbons (Fsp3) is 0.343. The van der Waals surface area contributed by atoms with Gasteiger partial charge in [0.15, 0.2) is 0 Å². The van der Waals surface area contributed by atoms with Crippen LogP contribution in [0.3, 0.4) is 0 Å². The van der Waals surface area contributed by atoms with E-state index >= 15 is 0 Å². The summed E-state index contributed by atoms with van der Waals surface area (Å²) in [6, 6.07) is 23.0. The third-order valence-corrected chi connectivity index (χ3v) is 7.30. The molecule has 3 aromatic rings. The van der Waals surface area contributed by atoms with Crippen LogP contribution < -0.4 is 11.5 Å². The summed E-state index contributed by atoms with van der Waals surface area (Å²) >= 11 is 0. The lowest BCUT2D eigenvalue weighted by molar-refractivity contribution is 0.546. The molecule has 0 saturated carbocycles. The molecule has 4 heteroatoms. The molecule has 0 aliphatic rings. The molecule has 0 aliphatic heterocycles. The molecule has 3 rings (SSSR count). The average Bonchev–Trinajstić information content (AvgIpc) is 2.94. The summed E-state index contributed by atoms with van der Waals surface area (Å²) in [5.41, 5.74) is 20.0. The first-order valence-electron chi connectivity index (χ1n) is 13.6. The van der Waals surface area contributed by atoms with Crippen molar-refractivity contribution in [3.05, 3.63) is 114 Å². The molecule has 2 atom stereocenters. The molecule has 0 fully saturated rings. The first-order chi connectivity index (χ1) is 18.4. The Morgan fingerprint density at radius 1 is 1.00 bits per heavy atom. The van der Waals surface area contributed by atoms with Gasteiger partial charge in [0.1, 0.15) is 5.82 Å². The van der Waals surface area contributed by atoms with Crippen molar-refractivity contribution in [3.8, 4) is 17.2 Å². The molecule has 0 heterocycles. The van der Waals surface area contributed by atoms with Gasteiger partial charge in [-0.3, -0.25) is 0 Å². The maximum absolute atomic E-state index is 13.7. The summed E-state index contributed by atoms with van der Waals surface area (Å²) in [7, 11) is 0. The van der Waals surface area contributed by atoms with Crippen LogP contribution in [0.5, 0.6) is 0 Å². The van der Waals surface area contributed by atoms with E-state index in [-0.39, 0.29) is 25.2 Å². The number of halogens is 1. The van der Waals surface area contributed by atoms with Crippen molar-refractivity contribution in [2.75, 3.05) is 6.54 Å². The third-order valence-electron chi connectivity index (χ3n) is 7.30. The highest BCUT2D eigenvalue weighted by Gasteiger charge is 2.20. The predicted molar refractivity (Wildman–Crippen MR) is 165 cm³/mol. The van der Waals surface area contributed by atoms with Crippen molar-refractivity contribution in [1.29, 1.82) is 5.26 Å². The molecule has 3 nitrogen and oxygen atoms in total. The topological polar surface area (TPSA) is 75.8 Å². The molecule has 0 bridgehead atoms. The quantitative estimate of drug-likeness (QED) is 0.208. The van der Waals surface area contributed by atoms with Crippen LogP contribution in [-0.4, -0.2) is 12.6 Å². The maximum Gasteiger partial charge on any atom is 0.123 e. The van der Waals surface area contributed by atoms with Crippen LogP contribution in [0.4, 0.5) is 4.39 Å². The Balaban J connectivity index is 0.00000533. The zero-order chi connectivity index (χ0) is 27.5. The molecular formula is C35H44FN3. The van der Waals surface area contributed by atoms with Gasteiger partial charge in [0.2, 0.25) is 0 Å². The lowest BCUT2D eigenvalue weighted by Crippen LogP contribution is -2.32. The first-order valence-corrected chi connectivity index (χ1v) is 13.6. The van der Waals surface area contributed by atoms with Gasteiger partial charge in [-0.1, -0.05) is 94.5 Å². The summed E-state index contributed by atoms with van der Waals surface area (Å²) in [4.78, 5) is 0. The molecular weight excluding hydrogens is 481 g/mol. The van der Waals surface area contributed by atoms with Gasteiger partial charge in [-0.2, -0.15) is 5.26 Å². The third kappa shape index (κ3) is 8.75. The van der Waals surface area contributed by atoms with Crippen LogP contribution in [0.1, 0.15) is 68.7 Å². The minimum atomic E-state index is -0.220. The summed E-state index contributed by atoms with van der Waals surface area (Å²) in [6.07, 6.45) is 6.44. The Morgan fingerprint density at radius 3 is 2.46 bits per heavy atom. The predicted octanol–water partition coefficient (Wildman–Crippen LogP) is 8.23. The molecule has 39 heavy (non-hydrogen) atoms. The number of nitrogens with two attached hydrogens (primary N) is 2. The Labute approximate surface area is 235 Å². The summed E-state index contributed by atoms with van der Waals surface area (Å²) in [5, 5.41) is 9.66. The molecule has 0 aromatic heterocycles. The number of allylic oxidation sites excluding steroid dienone is 1. The monoisotopic (exact) mass is 525 g/mol. The van der Waals surface area contributed by atoms with Gasteiger partial charge >= 0.3 is 0 Å². The van der Waals surface area contributed by atoms with Gasteiger partial charge in [-0.15, -0.1) is 0 Å². The summed E-state index contributed by atoms with van der Waals surface area (Å²) < 4.78 is 13.7. The van der Waals surface area contributed by atoms with E-state index in [4.69, 9.17) is 11.5 Å². The number of hydrogen-bond donors (Lipinski definition) is 2.